The quantitative estimate of drug-likeness (QED) is 0.639. The van der Waals surface area contributed by atoms with Gasteiger partial charge in [0.25, 0.3) is 0 Å². The first-order valence-corrected chi connectivity index (χ1v) is 8.71. The van der Waals surface area contributed by atoms with E-state index in [0.717, 1.165) is 32.4 Å². The maximum absolute atomic E-state index is 12.0. The minimum absolute atomic E-state index is 0. The Balaban J connectivity index is 0.00000264. The lowest BCUT2D eigenvalue weighted by molar-refractivity contribution is -0.130. The number of nitrogens with two attached hydrogens (primary N) is 1. The number of hydrogen-bond donors (Lipinski definition) is 3. The molecule has 0 aromatic carbocycles. The van der Waals surface area contributed by atoms with Gasteiger partial charge in [0.15, 0.2) is 0 Å². The maximum Gasteiger partial charge on any atom is 0.315 e. The van der Waals surface area contributed by atoms with Gasteiger partial charge in [0.2, 0.25) is 5.91 Å². The van der Waals surface area contributed by atoms with E-state index in [1.165, 1.54) is 19.3 Å². The van der Waals surface area contributed by atoms with E-state index in [1.54, 1.807) is 0 Å². The van der Waals surface area contributed by atoms with Crippen LogP contribution in [-0.2, 0) is 4.79 Å². The summed E-state index contributed by atoms with van der Waals surface area (Å²) in [4.78, 5) is 25.7. The van der Waals surface area contributed by atoms with Crippen molar-refractivity contribution in [3.63, 3.8) is 0 Å². The van der Waals surface area contributed by atoms with Gasteiger partial charge in [0, 0.05) is 32.1 Å². The fraction of sp³-hybridized carbons (Fsp3) is 0.875. The molecule has 1 saturated heterocycles. The van der Waals surface area contributed by atoms with Gasteiger partial charge >= 0.3 is 6.03 Å². The summed E-state index contributed by atoms with van der Waals surface area (Å²) in [6.45, 7) is 2.84. The third-order valence-electron chi connectivity index (χ3n) is 4.77. The smallest absolute Gasteiger partial charge is 0.315 e. The molecule has 7 heteroatoms. The number of urea groups is 1. The highest BCUT2D eigenvalue weighted by Gasteiger charge is 2.24. The van der Waals surface area contributed by atoms with Gasteiger partial charge in [-0.05, 0) is 38.1 Å². The molecule has 2 rings (SSSR count). The first-order valence-electron chi connectivity index (χ1n) is 8.71. The summed E-state index contributed by atoms with van der Waals surface area (Å²) in [5.74, 6) is 0.647. The first kappa shape index (κ1) is 20.0. The summed E-state index contributed by atoms with van der Waals surface area (Å²) in [5, 5.41) is 5.87. The second kappa shape index (κ2) is 10.7. The number of carbonyl (C=O) groups is 2. The van der Waals surface area contributed by atoms with Crippen molar-refractivity contribution in [1.29, 1.82) is 0 Å². The highest BCUT2D eigenvalue weighted by atomic mass is 35.5. The zero-order chi connectivity index (χ0) is 15.8. The molecule has 0 aromatic rings. The Labute approximate surface area is 145 Å². The Morgan fingerprint density at radius 1 is 1.13 bits per heavy atom. The first-order chi connectivity index (χ1) is 10.7. The van der Waals surface area contributed by atoms with Gasteiger partial charge in [0.05, 0.1) is 0 Å². The van der Waals surface area contributed by atoms with E-state index in [9.17, 15) is 9.59 Å². The molecule has 1 aliphatic heterocycles. The second-order valence-electron chi connectivity index (χ2n) is 6.57. The number of amides is 3. The molecule has 23 heavy (non-hydrogen) atoms. The molecule has 1 atom stereocenters. The van der Waals surface area contributed by atoms with Crippen LogP contribution >= 0.6 is 12.4 Å². The molecule has 4 N–H and O–H groups in total. The summed E-state index contributed by atoms with van der Waals surface area (Å²) in [7, 11) is 0. The third kappa shape index (κ3) is 6.96. The Morgan fingerprint density at radius 2 is 1.87 bits per heavy atom. The SMILES string of the molecule is Cl.NCC1CCN(C(=O)CCCNC(=O)NC2CCCCC2)C1. The van der Waals surface area contributed by atoms with Crippen LogP contribution in [0.15, 0.2) is 0 Å². The maximum atomic E-state index is 12.0. The molecular weight excluding hydrogens is 316 g/mol. The molecule has 1 saturated carbocycles. The number of likely N-dealkylation sites (tertiary alicyclic amines) is 1. The molecule has 1 aliphatic carbocycles. The van der Waals surface area contributed by atoms with Crippen molar-refractivity contribution in [3.05, 3.63) is 0 Å². The fourth-order valence-corrected chi connectivity index (χ4v) is 3.33. The standard InChI is InChI=1S/C16H30N4O2.ClH/c17-11-13-8-10-20(12-13)15(21)7-4-9-18-16(22)19-14-5-2-1-3-6-14;/h13-14H,1-12,17H2,(H2,18,19,22);1H. The van der Waals surface area contributed by atoms with Crippen LogP contribution in [0.3, 0.4) is 0 Å². The van der Waals surface area contributed by atoms with Crippen LogP contribution in [0.5, 0.6) is 0 Å². The molecule has 2 aliphatic rings. The number of nitrogens with zero attached hydrogens (tertiary/aromatic N) is 1. The molecule has 1 heterocycles. The van der Waals surface area contributed by atoms with E-state index >= 15 is 0 Å². The summed E-state index contributed by atoms with van der Waals surface area (Å²) < 4.78 is 0. The van der Waals surface area contributed by atoms with Crippen molar-refractivity contribution in [1.82, 2.24) is 15.5 Å². The molecule has 3 amide bonds. The van der Waals surface area contributed by atoms with Crippen LogP contribution in [0.4, 0.5) is 4.79 Å². The predicted octanol–water partition coefficient (Wildman–Crippen LogP) is 1.63. The normalized spacial score (nSPS) is 21.6. The summed E-state index contributed by atoms with van der Waals surface area (Å²) in [6, 6.07) is 0.233. The summed E-state index contributed by atoms with van der Waals surface area (Å²) in [6.07, 6.45) is 8.08. The van der Waals surface area contributed by atoms with Gasteiger partial charge in [-0.3, -0.25) is 4.79 Å². The van der Waals surface area contributed by atoms with Gasteiger partial charge in [-0.25, -0.2) is 4.79 Å². The van der Waals surface area contributed by atoms with E-state index in [4.69, 9.17) is 5.73 Å². The lowest BCUT2D eigenvalue weighted by Gasteiger charge is -2.22. The van der Waals surface area contributed by atoms with Gasteiger partial charge < -0.3 is 21.3 Å². The van der Waals surface area contributed by atoms with Crippen molar-refractivity contribution in [2.45, 2.75) is 57.4 Å². The van der Waals surface area contributed by atoms with Crippen LogP contribution in [-0.4, -0.2) is 49.1 Å². The molecule has 0 aromatic heterocycles. The number of halogens is 1. The van der Waals surface area contributed by atoms with E-state index in [1.807, 2.05) is 4.90 Å². The van der Waals surface area contributed by atoms with Crippen LogP contribution in [0, 0.1) is 5.92 Å². The molecule has 0 radical (unpaired) electrons. The van der Waals surface area contributed by atoms with Crippen molar-refractivity contribution >= 4 is 24.3 Å². The zero-order valence-electron chi connectivity index (χ0n) is 13.9. The monoisotopic (exact) mass is 346 g/mol. The van der Waals surface area contributed by atoms with Gasteiger partial charge in [-0.2, -0.15) is 0 Å². The molecule has 1 unspecified atom stereocenters. The van der Waals surface area contributed by atoms with Crippen LogP contribution in [0.2, 0.25) is 0 Å². The molecule has 0 spiro atoms. The summed E-state index contributed by atoms with van der Waals surface area (Å²) >= 11 is 0. The summed E-state index contributed by atoms with van der Waals surface area (Å²) in [5.41, 5.74) is 5.64. The molecule has 6 nitrogen and oxygen atoms in total. The zero-order valence-corrected chi connectivity index (χ0v) is 14.7. The number of rotatable bonds is 6. The Bertz CT molecular complexity index is 375. The average Bonchev–Trinajstić information content (AvgIpc) is 3.01. The Kier molecular flexibility index (Phi) is 9.33. The third-order valence-corrected chi connectivity index (χ3v) is 4.77. The lowest BCUT2D eigenvalue weighted by atomic mass is 9.96. The predicted molar refractivity (Wildman–Crippen MR) is 93.6 cm³/mol. The van der Waals surface area contributed by atoms with E-state index in [0.29, 0.717) is 37.9 Å². The number of hydrogen-bond acceptors (Lipinski definition) is 3. The van der Waals surface area contributed by atoms with Gasteiger partial charge in [0.1, 0.15) is 0 Å². The van der Waals surface area contributed by atoms with Crippen LogP contribution in [0.25, 0.3) is 0 Å². The van der Waals surface area contributed by atoms with Crippen molar-refractivity contribution in [2.75, 3.05) is 26.2 Å². The minimum Gasteiger partial charge on any atom is -0.342 e. The topological polar surface area (TPSA) is 87.5 Å². The van der Waals surface area contributed by atoms with Crippen molar-refractivity contribution < 1.29 is 9.59 Å². The molecule has 2 fully saturated rings. The van der Waals surface area contributed by atoms with Crippen LogP contribution in [0.1, 0.15) is 51.4 Å². The van der Waals surface area contributed by atoms with Crippen LogP contribution < -0.4 is 16.4 Å². The lowest BCUT2D eigenvalue weighted by Crippen LogP contribution is -2.43. The minimum atomic E-state index is -0.0938. The fourth-order valence-electron chi connectivity index (χ4n) is 3.33. The highest BCUT2D eigenvalue weighted by molar-refractivity contribution is 5.85. The van der Waals surface area contributed by atoms with Crippen molar-refractivity contribution in [2.24, 2.45) is 11.7 Å². The number of carbonyl (C=O) groups excluding carboxylic acids is 2. The number of nitrogens with one attached hydrogen (secondary N) is 2. The van der Waals surface area contributed by atoms with E-state index in [2.05, 4.69) is 10.6 Å². The van der Waals surface area contributed by atoms with E-state index in [-0.39, 0.29) is 24.3 Å². The van der Waals surface area contributed by atoms with Gasteiger partial charge in [-0.1, -0.05) is 19.3 Å². The average molecular weight is 347 g/mol. The van der Waals surface area contributed by atoms with Gasteiger partial charge in [-0.15, -0.1) is 12.4 Å². The van der Waals surface area contributed by atoms with E-state index < -0.39 is 0 Å². The molecule has 134 valence electrons. The largest absolute Gasteiger partial charge is 0.342 e. The second-order valence-corrected chi connectivity index (χ2v) is 6.57. The highest BCUT2D eigenvalue weighted by Crippen LogP contribution is 2.17. The Hall–Kier alpha value is -1.01. The molecular formula is C16H31ClN4O2. The molecule has 0 bridgehead atoms. The van der Waals surface area contributed by atoms with Crippen molar-refractivity contribution in [3.8, 4) is 0 Å². The Morgan fingerprint density at radius 3 is 2.52 bits per heavy atom.